The molecule has 1 aromatic carbocycles. The Kier molecular flexibility index (Phi) is 2.78. The van der Waals surface area contributed by atoms with Gasteiger partial charge in [0, 0.05) is 17.0 Å². The fourth-order valence-corrected chi connectivity index (χ4v) is 2.12. The second kappa shape index (κ2) is 4.32. The van der Waals surface area contributed by atoms with Gasteiger partial charge in [-0.2, -0.15) is 0 Å². The third-order valence-electron chi connectivity index (χ3n) is 3.18. The number of rotatable bonds is 2. The highest BCUT2D eigenvalue weighted by molar-refractivity contribution is 6.30. The van der Waals surface area contributed by atoms with Gasteiger partial charge in [-0.1, -0.05) is 23.7 Å². The number of nitrogens with zero attached hydrogens (tertiary/aromatic N) is 2. The average Bonchev–Trinajstić information content (AvgIpc) is 3.18. The van der Waals surface area contributed by atoms with Gasteiger partial charge in [-0.05, 0) is 31.9 Å². The van der Waals surface area contributed by atoms with Gasteiger partial charge >= 0.3 is 0 Å². The van der Waals surface area contributed by atoms with E-state index in [0.717, 1.165) is 24.2 Å². The molecule has 3 rings (SSSR count). The molecule has 0 radical (unpaired) electrons. The predicted octanol–water partition coefficient (Wildman–Crippen LogP) is 4.12. The Labute approximate surface area is 110 Å². The highest BCUT2D eigenvalue weighted by Crippen LogP contribution is 2.40. The maximum atomic E-state index is 13.8. The first-order valence-electron chi connectivity index (χ1n) is 5.95. The van der Waals surface area contributed by atoms with Crippen LogP contribution in [0, 0.1) is 12.7 Å². The number of halogens is 2. The quantitative estimate of drug-likeness (QED) is 0.761. The standard InChI is InChI=1S/C14H12ClFN2/c1-8-12(10-4-2-3-5-11(10)16)17-14(9-6-7-9)18-13(8)15/h2-5,9H,6-7H2,1H3. The normalized spacial score (nSPS) is 14.8. The largest absolute Gasteiger partial charge is 0.232 e. The number of hydrogen-bond donors (Lipinski definition) is 0. The molecule has 0 spiro atoms. The van der Waals surface area contributed by atoms with Gasteiger partial charge in [0.2, 0.25) is 0 Å². The summed E-state index contributed by atoms with van der Waals surface area (Å²) in [5.41, 5.74) is 1.82. The minimum absolute atomic E-state index is 0.280. The molecule has 0 unspecified atom stereocenters. The van der Waals surface area contributed by atoms with E-state index >= 15 is 0 Å². The molecule has 18 heavy (non-hydrogen) atoms. The van der Waals surface area contributed by atoms with Crippen LogP contribution in [0.5, 0.6) is 0 Å². The lowest BCUT2D eigenvalue weighted by molar-refractivity contribution is 0.630. The van der Waals surface area contributed by atoms with Crippen molar-refractivity contribution in [3.63, 3.8) is 0 Å². The molecule has 1 aliphatic rings. The molecule has 4 heteroatoms. The minimum atomic E-state index is -0.280. The summed E-state index contributed by atoms with van der Waals surface area (Å²) >= 11 is 6.12. The smallest absolute Gasteiger partial charge is 0.136 e. The lowest BCUT2D eigenvalue weighted by Crippen LogP contribution is -2.00. The van der Waals surface area contributed by atoms with E-state index in [1.165, 1.54) is 6.07 Å². The Morgan fingerprint density at radius 1 is 1.22 bits per heavy atom. The Hall–Kier alpha value is -1.48. The predicted molar refractivity (Wildman–Crippen MR) is 69.1 cm³/mol. The number of benzene rings is 1. The molecule has 0 saturated heterocycles. The molecule has 1 aromatic heterocycles. The third-order valence-corrected chi connectivity index (χ3v) is 3.54. The summed E-state index contributed by atoms with van der Waals surface area (Å²) < 4.78 is 13.8. The van der Waals surface area contributed by atoms with Crippen molar-refractivity contribution in [2.75, 3.05) is 0 Å². The Morgan fingerprint density at radius 3 is 2.61 bits per heavy atom. The van der Waals surface area contributed by atoms with Crippen LogP contribution < -0.4 is 0 Å². The highest BCUT2D eigenvalue weighted by Gasteiger charge is 2.28. The van der Waals surface area contributed by atoms with E-state index in [1.807, 2.05) is 6.92 Å². The first kappa shape index (κ1) is 11.6. The van der Waals surface area contributed by atoms with Crippen LogP contribution in [0.25, 0.3) is 11.3 Å². The van der Waals surface area contributed by atoms with Gasteiger partial charge < -0.3 is 0 Å². The molecule has 0 aliphatic heterocycles. The maximum Gasteiger partial charge on any atom is 0.136 e. The van der Waals surface area contributed by atoms with Crippen LogP contribution in [0.3, 0.4) is 0 Å². The zero-order valence-corrected chi connectivity index (χ0v) is 10.7. The molecule has 92 valence electrons. The average molecular weight is 263 g/mol. The first-order chi connectivity index (χ1) is 8.66. The van der Waals surface area contributed by atoms with Crippen LogP contribution in [-0.2, 0) is 0 Å². The third kappa shape index (κ3) is 1.99. The summed E-state index contributed by atoms with van der Waals surface area (Å²) in [5, 5.41) is 0.421. The maximum absolute atomic E-state index is 13.8. The molecule has 2 aromatic rings. The SMILES string of the molecule is Cc1c(Cl)nc(C2CC2)nc1-c1ccccc1F. The summed E-state index contributed by atoms with van der Waals surface area (Å²) in [7, 11) is 0. The molecule has 1 fully saturated rings. The van der Waals surface area contributed by atoms with E-state index in [4.69, 9.17) is 11.6 Å². The van der Waals surface area contributed by atoms with E-state index in [9.17, 15) is 4.39 Å². The molecule has 1 aliphatic carbocycles. The lowest BCUT2D eigenvalue weighted by atomic mass is 10.1. The second-order valence-corrected chi connectivity index (χ2v) is 4.96. The molecular formula is C14H12ClFN2. The molecule has 0 bridgehead atoms. The van der Waals surface area contributed by atoms with Crippen LogP contribution in [0.1, 0.15) is 30.1 Å². The van der Waals surface area contributed by atoms with Crippen molar-refractivity contribution in [3.05, 3.63) is 46.6 Å². The van der Waals surface area contributed by atoms with E-state index in [-0.39, 0.29) is 5.82 Å². The number of aromatic nitrogens is 2. The first-order valence-corrected chi connectivity index (χ1v) is 6.33. The van der Waals surface area contributed by atoms with E-state index in [2.05, 4.69) is 9.97 Å². The van der Waals surface area contributed by atoms with Gasteiger partial charge in [0.1, 0.15) is 16.8 Å². The molecule has 2 nitrogen and oxygen atoms in total. The fraction of sp³-hybridized carbons (Fsp3) is 0.286. The number of hydrogen-bond acceptors (Lipinski definition) is 2. The Bertz CT molecular complexity index is 609. The second-order valence-electron chi connectivity index (χ2n) is 4.60. The van der Waals surface area contributed by atoms with Gasteiger partial charge in [0.15, 0.2) is 0 Å². The zero-order chi connectivity index (χ0) is 12.7. The molecular weight excluding hydrogens is 251 g/mol. The van der Waals surface area contributed by atoms with E-state index in [1.54, 1.807) is 18.2 Å². The van der Waals surface area contributed by atoms with Crippen LogP contribution in [0.2, 0.25) is 5.15 Å². The molecule has 1 heterocycles. The van der Waals surface area contributed by atoms with Crippen LogP contribution >= 0.6 is 11.6 Å². The van der Waals surface area contributed by atoms with Gasteiger partial charge in [0.25, 0.3) is 0 Å². The molecule has 1 saturated carbocycles. The van der Waals surface area contributed by atoms with Crippen LogP contribution in [0.15, 0.2) is 24.3 Å². The van der Waals surface area contributed by atoms with E-state index < -0.39 is 0 Å². The summed E-state index contributed by atoms with van der Waals surface area (Å²) in [6, 6.07) is 6.61. The van der Waals surface area contributed by atoms with Crippen molar-refractivity contribution >= 4 is 11.6 Å². The van der Waals surface area contributed by atoms with Gasteiger partial charge in [-0.15, -0.1) is 0 Å². The molecule has 0 N–H and O–H groups in total. The van der Waals surface area contributed by atoms with E-state index in [0.29, 0.717) is 22.3 Å². The van der Waals surface area contributed by atoms with Crippen molar-refractivity contribution in [1.29, 1.82) is 0 Å². The minimum Gasteiger partial charge on any atom is -0.232 e. The topological polar surface area (TPSA) is 25.8 Å². The van der Waals surface area contributed by atoms with Crippen LogP contribution in [0.4, 0.5) is 4.39 Å². The summed E-state index contributed by atoms with van der Waals surface area (Å²) in [5.74, 6) is 0.856. The molecule has 0 atom stereocenters. The Morgan fingerprint density at radius 2 is 1.94 bits per heavy atom. The van der Waals surface area contributed by atoms with Gasteiger partial charge in [-0.25, -0.2) is 14.4 Å². The Balaban J connectivity index is 2.18. The van der Waals surface area contributed by atoms with Crippen molar-refractivity contribution in [3.8, 4) is 11.3 Å². The lowest BCUT2D eigenvalue weighted by Gasteiger charge is -2.09. The van der Waals surface area contributed by atoms with Crippen molar-refractivity contribution in [2.45, 2.75) is 25.7 Å². The van der Waals surface area contributed by atoms with Crippen molar-refractivity contribution in [1.82, 2.24) is 9.97 Å². The monoisotopic (exact) mass is 262 g/mol. The van der Waals surface area contributed by atoms with Crippen molar-refractivity contribution in [2.24, 2.45) is 0 Å². The fourth-order valence-electron chi connectivity index (χ4n) is 1.95. The van der Waals surface area contributed by atoms with Crippen LogP contribution in [-0.4, -0.2) is 9.97 Å². The van der Waals surface area contributed by atoms with Crippen molar-refractivity contribution < 1.29 is 4.39 Å². The van der Waals surface area contributed by atoms with Gasteiger partial charge in [-0.3, -0.25) is 0 Å². The molecule has 0 amide bonds. The zero-order valence-electron chi connectivity index (χ0n) is 9.95. The summed E-state index contributed by atoms with van der Waals surface area (Å²) in [6.07, 6.45) is 2.19. The van der Waals surface area contributed by atoms with Gasteiger partial charge in [0.05, 0.1) is 5.69 Å². The highest BCUT2D eigenvalue weighted by atomic mass is 35.5. The summed E-state index contributed by atoms with van der Waals surface area (Å²) in [4.78, 5) is 8.77. The summed E-state index contributed by atoms with van der Waals surface area (Å²) in [6.45, 7) is 1.82.